The number of fused-ring (bicyclic) bond motifs is 1. The van der Waals surface area contributed by atoms with Gasteiger partial charge in [-0.3, -0.25) is 0 Å². The molecule has 3 heteroatoms. The lowest BCUT2D eigenvalue weighted by Gasteiger charge is -2.07. The Labute approximate surface area is 159 Å². The van der Waals surface area contributed by atoms with Crippen LogP contribution >= 0.6 is 0 Å². The van der Waals surface area contributed by atoms with Crippen LogP contribution in [-0.2, 0) is 0 Å². The molecule has 0 aliphatic carbocycles. The van der Waals surface area contributed by atoms with E-state index in [1.54, 1.807) is 0 Å². The van der Waals surface area contributed by atoms with Gasteiger partial charge >= 0.3 is 0 Å². The molecule has 1 aliphatic heterocycles. The molecule has 0 spiro atoms. The predicted molar refractivity (Wildman–Crippen MR) is 111 cm³/mol. The zero-order valence-corrected chi connectivity index (χ0v) is 15.4. The second-order valence-electron chi connectivity index (χ2n) is 7.62. The van der Waals surface area contributed by atoms with Crippen LogP contribution in [0.5, 0.6) is 0 Å². The Morgan fingerprint density at radius 3 is 2.37 bits per heavy atom. The molecule has 0 radical (unpaired) electrons. The molecular weight excluding hydrogens is 330 g/mol. The maximum Gasteiger partial charge on any atom is 0.123 e. The summed E-state index contributed by atoms with van der Waals surface area (Å²) in [6.45, 7) is 3.35. The smallest absolute Gasteiger partial charge is 0.123 e. The lowest BCUT2D eigenvalue weighted by Crippen LogP contribution is -2.14. The molecule has 27 heavy (non-hydrogen) atoms. The van der Waals surface area contributed by atoms with Crippen LogP contribution in [0.15, 0.2) is 72.9 Å². The van der Waals surface area contributed by atoms with Crippen LogP contribution in [0.2, 0.25) is 0 Å². The van der Waals surface area contributed by atoms with E-state index in [1.807, 2.05) is 6.20 Å². The minimum atomic E-state index is 0.352. The normalized spacial score (nSPS) is 19.6. The third-order valence-corrected chi connectivity index (χ3v) is 5.56. The lowest BCUT2D eigenvalue weighted by molar-refractivity contribution is 0.588. The van der Waals surface area contributed by atoms with E-state index in [2.05, 4.69) is 88.9 Å². The third-order valence-electron chi connectivity index (χ3n) is 5.56. The van der Waals surface area contributed by atoms with Crippen molar-refractivity contribution in [3.63, 3.8) is 0 Å². The number of aromatic nitrogens is 2. The first kappa shape index (κ1) is 16.3. The van der Waals surface area contributed by atoms with Crippen LogP contribution in [-0.4, -0.2) is 16.5 Å². The second kappa shape index (κ2) is 6.67. The van der Waals surface area contributed by atoms with E-state index in [9.17, 15) is 0 Å². The Bertz CT molecular complexity index is 1080. The molecule has 1 fully saturated rings. The van der Waals surface area contributed by atoms with Crippen molar-refractivity contribution in [3.05, 3.63) is 78.8 Å². The Balaban J connectivity index is 1.40. The van der Waals surface area contributed by atoms with Gasteiger partial charge in [0.05, 0.1) is 17.9 Å². The molecule has 0 unspecified atom stereocenters. The topological polar surface area (TPSA) is 40.7 Å². The van der Waals surface area contributed by atoms with Crippen LogP contribution in [0.3, 0.4) is 0 Å². The quantitative estimate of drug-likeness (QED) is 0.506. The number of nitrogens with one attached hydrogen (secondary N) is 2. The van der Waals surface area contributed by atoms with Crippen LogP contribution in [0, 0.1) is 5.92 Å². The van der Waals surface area contributed by atoms with Gasteiger partial charge < -0.3 is 10.3 Å². The predicted octanol–water partition coefficient (Wildman–Crippen LogP) is 5.57. The molecule has 4 aromatic rings. The maximum absolute atomic E-state index is 4.61. The molecule has 0 saturated carbocycles. The first-order valence-corrected chi connectivity index (χ1v) is 9.64. The summed E-state index contributed by atoms with van der Waals surface area (Å²) < 4.78 is 0. The van der Waals surface area contributed by atoms with E-state index in [4.69, 9.17) is 0 Å². The maximum atomic E-state index is 4.61. The zero-order valence-electron chi connectivity index (χ0n) is 15.4. The first-order chi connectivity index (χ1) is 13.3. The van der Waals surface area contributed by atoms with E-state index >= 15 is 0 Å². The van der Waals surface area contributed by atoms with Gasteiger partial charge in [0.25, 0.3) is 0 Å². The summed E-state index contributed by atoms with van der Waals surface area (Å²) in [6, 6.07) is 24.2. The van der Waals surface area contributed by atoms with Gasteiger partial charge in [-0.15, -0.1) is 0 Å². The first-order valence-electron chi connectivity index (χ1n) is 9.64. The number of H-pyrrole nitrogens is 1. The van der Waals surface area contributed by atoms with E-state index in [1.165, 1.54) is 27.5 Å². The Morgan fingerprint density at radius 1 is 0.852 bits per heavy atom. The van der Waals surface area contributed by atoms with Crippen LogP contribution in [0.4, 0.5) is 0 Å². The molecule has 2 N–H and O–H groups in total. The molecule has 2 atom stereocenters. The molecule has 1 aromatic heterocycles. The van der Waals surface area contributed by atoms with Gasteiger partial charge in [0.2, 0.25) is 0 Å². The molecule has 0 amide bonds. The molecule has 2 heterocycles. The number of rotatable bonds is 3. The number of imidazole rings is 1. The fourth-order valence-electron chi connectivity index (χ4n) is 3.99. The van der Waals surface area contributed by atoms with Gasteiger partial charge in [0, 0.05) is 0 Å². The summed E-state index contributed by atoms with van der Waals surface area (Å²) in [5, 5.41) is 6.09. The van der Waals surface area contributed by atoms with Crippen LogP contribution < -0.4 is 5.32 Å². The third kappa shape index (κ3) is 3.15. The monoisotopic (exact) mass is 353 g/mol. The van der Waals surface area contributed by atoms with Crippen LogP contribution in [0.1, 0.15) is 25.2 Å². The summed E-state index contributed by atoms with van der Waals surface area (Å²) in [5.74, 6) is 1.76. The highest BCUT2D eigenvalue weighted by Crippen LogP contribution is 2.29. The number of hydrogen-bond acceptors (Lipinski definition) is 2. The van der Waals surface area contributed by atoms with Crippen molar-refractivity contribution in [2.45, 2.75) is 19.4 Å². The van der Waals surface area contributed by atoms with Crippen molar-refractivity contribution < 1.29 is 0 Å². The van der Waals surface area contributed by atoms with E-state index in [-0.39, 0.29) is 0 Å². The van der Waals surface area contributed by atoms with E-state index in [0.717, 1.165) is 24.5 Å². The van der Waals surface area contributed by atoms with Crippen molar-refractivity contribution in [2.75, 3.05) is 6.54 Å². The van der Waals surface area contributed by atoms with Gasteiger partial charge in [0.15, 0.2) is 0 Å². The highest BCUT2D eigenvalue weighted by Gasteiger charge is 2.24. The SMILES string of the molecule is C[C@@H]1CN[C@H](c2ncc(-c3ccc(-c4ccc5ccccc5c4)cc3)[nH]2)C1. The van der Waals surface area contributed by atoms with Gasteiger partial charge in [-0.05, 0) is 52.4 Å². The largest absolute Gasteiger partial charge is 0.341 e. The second-order valence-corrected chi connectivity index (χ2v) is 7.62. The number of benzene rings is 3. The number of aromatic amines is 1. The average molecular weight is 353 g/mol. The van der Waals surface area contributed by atoms with Gasteiger partial charge in [0.1, 0.15) is 5.82 Å². The highest BCUT2D eigenvalue weighted by atomic mass is 15.0. The minimum Gasteiger partial charge on any atom is -0.341 e. The summed E-state index contributed by atoms with van der Waals surface area (Å²) in [7, 11) is 0. The summed E-state index contributed by atoms with van der Waals surface area (Å²) in [4.78, 5) is 8.11. The van der Waals surface area contributed by atoms with Crippen LogP contribution in [0.25, 0.3) is 33.2 Å². The van der Waals surface area contributed by atoms with Gasteiger partial charge in [-0.1, -0.05) is 67.6 Å². The number of hydrogen-bond donors (Lipinski definition) is 2. The summed E-state index contributed by atoms with van der Waals surface area (Å²) >= 11 is 0. The fourth-order valence-corrected chi connectivity index (χ4v) is 3.99. The molecular formula is C24H23N3. The Morgan fingerprint density at radius 2 is 1.59 bits per heavy atom. The Kier molecular flexibility index (Phi) is 4.02. The van der Waals surface area contributed by atoms with Crippen molar-refractivity contribution in [1.82, 2.24) is 15.3 Å². The lowest BCUT2D eigenvalue weighted by atomic mass is 10.00. The fraction of sp³-hybridized carbons (Fsp3) is 0.208. The number of nitrogens with zero attached hydrogens (tertiary/aromatic N) is 1. The minimum absolute atomic E-state index is 0.352. The van der Waals surface area contributed by atoms with Crippen molar-refractivity contribution in [2.24, 2.45) is 5.92 Å². The molecule has 3 nitrogen and oxygen atoms in total. The molecule has 3 aromatic carbocycles. The molecule has 134 valence electrons. The molecule has 0 bridgehead atoms. The highest BCUT2D eigenvalue weighted by molar-refractivity contribution is 5.87. The zero-order chi connectivity index (χ0) is 18.2. The standard InChI is InChI=1S/C24H23N3/c1-16-12-22(25-14-16)24-26-15-23(27-24)19-9-6-18(7-10-19)21-11-8-17-4-2-3-5-20(17)13-21/h2-11,13,15-16,22,25H,12,14H2,1H3,(H,26,27)/t16-,22-/m0/s1. The molecule has 1 aliphatic rings. The summed E-state index contributed by atoms with van der Waals surface area (Å²) in [6.07, 6.45) is 3.10. The Hall–Kier alpha value is -2.91. The average Bonchev–Trinajstić information content (AvgIpc) is 3.37. The molecule has 1 saturated heterocycles. The van der Waals surface area contributed by atoms with Crippen molar-refractivity contribution in [3.8, 4) is 22.4 Å². The van der Waals surface area contributed by atoms with Gasteiger partial charge in [-0.2, -0.15) is 0 Å². The van der Waals surface area contributed by atoms with Crippen molar-refractivity contribution in [1.29, 1.82) is 0 Å². The van der Waals surface area contributed by atoms with Crippen molar-refractivity contribution >= 4 is 10.8 Å². The van der Waals surface area contributed by atoms with E-state index < -0.39 is 0 Å². The van der Waals surface area contributed by atoms with Gasteiger partial charge in [-0.25, -0.2) is 4.98 Å². The van der Waals surface area contributed by atoms with E-state index in [0.29, 0.717) is 12.0 Å². The molecule has 5 rings (SSSR count). The summed E-state index contributed by atoms with van der Waals surface area (Å²) in [5.41, 5.74) is 4.73.